The standard InChI is InChI=1S/C11H19N3O4/c1-2-8(6-10(16)17)13-11(18)14-5-3-4-12-9(15)7-14/h8H,2-7H2,1H3,(H,12,15)(H,13,18)(H,16,17). The van der Waals surface area contributed by atoms with Crippen LogP contribution < -0.4 is 10.6 Å². The Kier molecular flexibility index (Phi) is 5.41. The molecule has 1 aliphatic heterocycles. The minimum absolute atomic E-state index is 0.0232. The molecule has 1 rings (SSSR count). The number of hydrogen-bond acceptors (Lipinski definition) is 3. The maximum Gasteiger partial charge on any atom is 0.318 e. The van der Waals surface area contributed by atoms with Crippen molar-refractivity contribution in [3.63, 3.8) is 0 Å². The van der Waals surface area contributed by atoms with Gasteiger partial charge in [-0.3, -0.25) is 9.59 Å². The zero-order chi connectivity index (χ0) is 13.5. The Bertz CT molecular complexity index is 332. The molecule has 3 N–H and O–H groups in total. The van der Waals surface area contributed by atoms with E-state index in [2.05, 4.69) is 10.6 Å². The lowest BCUT2D eigenvalue weighted by molar-refractivity contribution is -0.137. The molecule has 0 aromatic heterocycles. The van der Waals surface area contributed by atoms with E-state index >= 15 is 0 Å². The highest BCUT2D eigenvalue weighted by Crippen LogP contribution is 2.02. The number of carbonyl (C=O) groups excluding carboxylic acids is 2. The molecule has 0 aromatic rings. The van der Waals surface area contributed by atoms with Gasteiger partial charge in [-0.05, 0) is 12.8 Å². The van der Waals surface area contributed by atoms with Crippen LogP contribution in [-0.4, -0.2) is 53.6 Å². The SMILES string of the molecule is CCC(CC(=O)O)NC(=O)N1CCCNC(=O)C1. The van der Waals surface area contributed by atoms with Crippen molar-refractivity contribution < 1.29 is 19.5 Å². The summed E-state index contributed by atoms with van der Waals surface area (Å²) in [5.41, 5.74) is 0. The summed E-state index contributed by atoms with van der Waals surface area (Å²) in [6, 6.07) is -0.776. The fourth-order valence-corrected chi connectivity index (χ4v) is 1.75. The van der Waals surface area contributed by atoms with Crippen LogP contribution in [0.5, 0.6) is 0 Å². The molecular formula is C11H19N3O4. The molecule has 1 heterocycles. The summed E-state index contributed by atoms with van der Waals surface area (Å²) < 4.78 is 0. The van der Waals surface area contributed by atoms with Crippen molar-refractivity contribution in [3.05, 3.63) is 0 Å². The van der Waals surface area contributed by atoms with Gasteiger partial charge in [-0.1, -0.05) is 6.92 Å². The van der Waals surface area contributed by atoms with Crippen LogP contribution in [0.4, 0.5) is 4.79 Å². The van der Waals surface area contributed by atoms with Crippen molar-refractivity contribution in [2.24, 2.45) is 0 Å². The zero-order valence-electron chi connectivity index (χ0n) is 10.4. The third-order valence-electron chi connectivity index (χ3n) is 2.79. The van der Waals surface area contributed by atoms with Gasteiger partial charge in [0.2, 0.25) is 5.91 Å². The minimum Gasteiger partial charge on any atom is -0.481 e. The Morgan fingerprint density at radius 1 is 1.56 bits per heavy atom. The Hall–Kier alpha value is -1.79. The molecule has 7 nitrogen and oxygen atoms in total. The molecule has 1 unspecified atom stereocenters. The molecule has 0 bridgehead atoms. The number of carbonyl (C=O) groups is 3. The van der Waals surface area contributed by atoms with Crippen molar-refractivity contribution in [1.29, 1.82) is 0 Å². The molecule has 102 valence electrons. The van der Waals surface area contributed by atoms with Crippen molar-refractivity contribution in [1.82, 2.24) is 15.5 Å². The number of rotatable bonds is 4. The summed E-state index contributed by atoms with van der Waals surface area (Å²) in [6.45, 7) is 2.89. The Morgan fingerprint density at radius 2 is 2.28 bits per heavy atom. The van der Waals surface area contributed by atoms with Crippen LogP contribution in [-0.2, 0) is 9.59 Å². The van der Waals surface area contributed by atoms with Gasteiger partial charge in [-0.25, -0.2) is 4.79 Å². The highest BCUT2D eigenvalue weighted by atomic mass is 16.4. The number of aliphatic carboxylic acids is 1. The van der Waals surface area contributed by atoms with E-state index in [1.807, 2.05) is 6.92 Å². The maximum atomic E-state index is 11.9. The minimum atomic E-state index is -0.948. The molecule has 0 aromatic carbocycles. The maximum absolute atomic E-state index is 11.9. The van der Waals surface area contributed by atoms with E-state index in [0.717, 1.165) is 0 Å². The largest absolute Gasteiger partial charge is 0.481 e. The molecule has 0 radical (unpaired) electrons. The van der Waals surface area contributed by atoms with E-state index in [0.29, 0.717) is 25.9 Å². The predicted octanol–water partition coefficient (Wildman–Crippen LogP) is -0.229. The number of hydrogen-bond donors (Lipinski definition) is 3. The summed E-state index contributed by atoms with van der Waals surface area (Å²) in [5, 5.41) is 14.0. The van der Waals surface area contributed by atoms with Crippen LogP contribution in [0, 0.1) is 0 Å². The van der Waals surface area contributed by atoms with E-state index in [9.17, 15) is 14.4 Å². The first-order chi connectivity index (χ1) is 8.52. The second-order valence-corrected chi connectivity index (χ2v) is 4.28. The summed E-state index contributed by atoms with van der Waals surface area (Å²) in [5.74, 6) is -1.13. The molecule has 0 spiro atoms. The first-order valence-electron chi connectivity index (χ1n) is 6.06. The predicted molar refractivity (Wildman–Crippen MR) is 64.1 cm³/mol. The second-order valence-electron chi connectivity index (χ2n) is 4.28. The van der Waals surface area contributed by atoms with E-state index in [1.165, 1.54) is 4.90 Å². The molecule has 1 saturated heterocycles. The van der Waals surface area contributed by atoms with E-state index < -0.39 is 12.0 Å². The van der Waals surface area contributed by atoms with Gasteiger partial charge in [-0.2, -0.15) is 0 Å². The van der Waals surface area contributed by atoms with Crippen molar-refractivity contribution in [2.45, 2.75) is 32.2 Å². The lowest BCUT2D eigenvalue weighted by Crippen LogP contribution is -2.47. The van der Waals surface area contributed by atoms with Gasteiger partial charge in [0.25, 0.3) is 0 Å². The van der Waals surface area contributed by atoms with Crippen molar-refractivity contribution in [3.8, 4) is 0 Å². The quantitative estimate of drug-likeness (QED) is 0.648. The first-order valence-corrected chi connectivity index (χ1v) is 6.06. The highest BCUT2D eigenvalue weighted by molar-refractivity contribution is 5.84. The number of carboxylic acid groups (broad SMARTS) is 1. The monoisotopic (exact) mass is 257 g/mol. The van der Waals surface area contributed by atoms with Crippen LogP contribution in [0.3, 0.4) is 0 Å². The third-order valence-corrected chi connectivity index (χ3v) is 2.79. The molecule has 18 heavy (non-hydrogen) atoms. The first kappa shape index (κ1) is 14.3. The van der Waals surface area contributed by atoms with Gasteiger partial charge >= 0.3 is 12.0 Å². The summed E-state index contributed by atoms with van der Waals surface area (Å²) >= 11 is 0. The third kappa shape index (κ3) is 4.60. The van der Waals surface area contributed by atoms with Crippen LogP contribution in [0.2, 0.25) is 0 Å². The molecule has 1 fully saturated rings. The lowest BCUT2D eigenvalue weighted by Gasteiger charge is -2.23. The summed E-state index contributed by atoms with van der Waals surface area (Å²) in [4.78, 5) is 35.2. The molecule has 0 saturated carbocycles. The average Bonchev–Trinajstić information content (AvgIpc) is 2.52. The van der Waals surface area contributed by atoms with Crippen LogP contribution in [0.1, 0.15) is 26.2 Å². The van der Waals surface area contributed by atoms with Crippen molar-refractivity contribution in [2.75, 3.05) is 19.6 Å². The zero-order valence-corrected chi connectivity index (χ0v) is 10.4. The van der Waals surface area contributed by atoms with Crippen LogP contribution in [0.25, 0.3) is 0 Å². The molecule has 1 atom stereocenters. The molecule has 0 aliphatic carbocycles. The summed E-state index contributed by atoms with van der Waals surface area (Å²) in [7, 11) is 0. The van der Waals surface area contributed by atoms with Crippen LogP contribution in [0.15, 0.2) is 0 Å². The Balaban J connectivity index is 2.51. The second kappa shape index (κ2) is 6.83. The van der Waals surface area contributed by atoms with E-state index in [4.69, 9.17) is 5.11 Å². The molecular weight excluding hydrogens is 238 g/mol. The number of nitrogens with zero attached hydrogens (tertiary/aromatic N) is 1. The molecule has 3 amide bonds. The Labute approximate surface area is 106 Å². The smallest absolute Gasteiger partial charge is 0.318 e. The van der Waals surface area contributed by atoms with Crippen LogP contribution >= 0.6 is 0 Å². The normalized spacial score (nSPS) is 17.6. The van der Waals surface area contributed by atoms with Crippen molar-refractivity contribution >= 4 is 17.9 Å². The van der Waals surface area contributed by atoms with Gasteiger partial charge in [0.1, 0.15) is 6.54 Å². The van der Waals surface area contributed by atoms with Gasteiger partial charge in [0.15, 0.2) is 0 Å². The van der Waals surface area contributed by atoms with Gasteiger partial charge in [0.05, 0.1) is 6.42 Å². The lowest BCUT2D eigenvalue weighted by atomic mass is 10.1. The Morgan fingerprint density at radius 3 is 2.89 bits per heavy atom. The summed E-state index contributed by atoms with van der Waals surface area (Å²) in [6.07, 6.45) is 1.13. The van der Waals surface area contributed by atoms with E-state index in [-0.39, 0.29) is 24.9 Å². The average molecular weight is 257 g/mol. The molecule has 1 aliphatic rings. The molecule has 7 heteroatoms. The number of amides is 3. The number of urea groups is 1. The fourth-order valence-electron chi connectivity index (χ4n) is 1.75. The fraction of sp³-hybridized carbons (Fsp3) is 0.727. The van der Waals surface area contributed by atoms with Gasteiger partial charge < -0.3 is 20.6 Å². The number of nitrogens with one attached hydrogen (secondary N) is 2. The van der Waals surface area contributed by atoms with Gasteiger partial charge in [-0.15, -0.1) is 0 Å². The highest BCUT2D eigenvalue weighted by Gasteiger charge is 2.22. The topological polar surface area (TPSA) is 98.7 Å². The van der Waals surface area contributed by atoms with E-state index in [1.54, 1.807) is 0 Å². The number of carboxylic acids is 1. The van der Waals surface area contributed by atoms with Gasteiger partial charge in [0, 0.05) is 19.1 Å².